The second-order valence-electron chi connectivity index (χ2n) is 5.72. The number of rotatable bonds is 4. The second-order valence-corrected chi connectivity index (χ2v) is 6.16. The van der Waals surface area contributed by atoms with Crippen LogP contribution in [0.25, 0.3) is 0 Å². The van der Waals surface area contributed by atoms with Crippen molar-refractivity contribution >= 4 is 17.5 Å². The van der Waals surface area contributed by atoms with Gasteiger partial charge in [-0.25, -0.2) is 0 Å². The van der Waals surface area contributed by atoms with Gasteiger partial charge in [-0.05, 0) is 60.8 Å². The molecule has 2 aromatic rings. The Kier molecular flexibility index (Phi) is 4.66. The number of hydrogen-bond acceptors (Lipinski definition) is 3. The summed E-state index contributed by atoms with van der Waals surface area (Å²) in [5, 5.41) is 16.3. The van der Waals surface area contributed by atoms with E-state index in [1.165, 1.54) is 5.56 Å². The summed E-state index contributed by atoms with van der Waals surface area (Å²) in [5.74, 6) is -0.108. The highest BCUT2D eigenvalue weighted by molar-refractivity contribution is 6.30. The number of amides is 1. The lowest BCUT2D eigenvalue weighted by Gasteiger charge is -2.15. The predicted octanol–water partition coefficient (Wildman–Crippen LogP) is 2.97. The zero-order chi connectivity index (χ0) is 16.4. The summed E-state index contributed by atoms with van der Waals surface area (Å²) in [6.45, 7) is 0. The molecular formula is C18H19ClN2O2. The predicted molar refractivity (Wildman–Crippen MR) is 90.4 cm³/mol. The molecule has 0 aromatic heterocycles. The molecule has 2 atom stereocenters. The van der Waals surface area contributed by atoms with Crippen LogP contribution >= 0.6 is 11.6 Å². The van der Waals surface area contributed by atoms with E-state index in [9.17, 15) is 9.90 Å². The van der Waals surface area contributed by atoms with Gasteiger partial charge < -0.3 is 10.4 Å². The molecule has 2 aromatic carbocycles. The maximum atomic E-state index is 12.4. The second kappa shape index (κ2) is 6.71. The summed E-state index contributed by atoms with van der Waals surface area (Å²) in [7, 11) is 1.68. The fourth-order valence-corrected chi connectivity index (χ4v) is 3.16. The van der Waals surface area contributed by atoms with E-state index >= 15 is 0 Å². The third-order valence-corrected chi connectivity index (χ3v) is 4.49. The maximum Gasteiger partial charge on any atom is 0.251 e. The van der Waals surface area contributed by atoms with Crippen molar-refractivity contribution in [1.29, 1.82) is 0 Å². The zero-order valence-corrected chi connectivity index (χ0v) is 13.6. The van der Waals surface area contributed by atoms with Crippen LogP contribution in [-0.4, -0.2) is 18.1 Å². The third kappa shape index (κ3) is 3.39. The summed E-state index contributed by atoms with van der Waals surface area (Å²) in [4.78, 5) is 12.4. The molecule has 0 aliphatic heterocycles. The molecule has 0 fully saturated rings. The highest BCUT2D eigenvalue weighted by Gasteiger charge is 2.24. The Morgan fingerprint density at radius 2 is 2.00 bits per heavy atom. The topological polar surface area (TPSA) is 61.4 Å². The molecule has 0 radical (unpaired) electrons. The lowest BCUT2D eigenvalue weighted by Crippen LogP contribution is -2.27. The molecule has 3 N–H and O–H groups in total. The number of aliphatic hydroxyl groups excluding tert-OH is 1. The van der Waals surface area contributed by atoms with Crippen LogP contribution in [0.5, 0.6) is 0 Å². The number of carbonyl (C=O) groups excluding carboxylic acids is 1. The van der Waals surface area contributed by atoms with Gasteiger partial charge in [-0.3, -0.25) is 10.1 Å². The molecule has 1 aliphatic rings. The van der Waals surface area contributed by atoms with Crippen molar-refractivity contribution in [3.8, 4) is 0 Å². The van der Waals surface area contributed by atoms with E-state index in [0.29, 0.717) is 5.56 Å². The van der Waals surface area contributed by atoms with E-state index in [1.54, 1.807) is 31.3 Å². The zero-order valence-electron chi connectivity index (χ0n) is 12.8. The monoisotopic (exact) mass is 330 g/mol. The Balaban J connectivity index is 1.71. The number of fused-ring (bicyclic) bond motifs is 1. The fraction of sp³-hybridized carbons (Fsp3) is 0.278. The van der Waals surface area contributed by atoms with Crippen LogP contribution in [0.4, 0.5) is 0 Å². The molecule has 23 heavy (non-hydrogen) atoms. The van der Waals surface area contributed by atoms with Crippen LogP contribution in [0.3, 0.4) is 0 Å². The van der Waals surface area contributed by atoms with Crippen molar-refractivity contribution in [3.63, 3.8) is 0 Å². The third-order valence-electron chi connectivity index (χ3n) is 4.25. The molecule has 120 valence electrons. The van der Waals surface area contributed by atoms with Gasteiger partial charge in [0.15, 0.2) is 0 Å². The first-order valence-corrected chi connectivity index (χ1v) is 8.01. The molecule has 5 heteroatoms. The van der Waals surface area contributed by atoms with E-state index in [4.69, 9.17) is 11.6 Å². The first-order valence-electron chi connectivity index (χ1n) is 7.63. The lowest BCUT2D eigenvalue weighted by molar-refractivity contribution is 0.0936. The Morgan fingerprint density at radius 3 is 2.70 bits per heavy atom. The van der Waals surface area contributed by atoms with Crippen molar-refractivity contribution < 1.29 is 9.90 Å². The molecule has 4 nitrogen and oxygen atoms in total. The number of hydrogen-bond donors (Lipinski definition) is 3. The van der Waals surface area contributed by atoms with Crippen LogP contribution in [0.15, 0.2) is 42.5 Å². The SMILES string of the molecule is CNC(O)c1ccc(C(=O)N[C@@H]2CCc3cc(Cl)ccc32)cc1. The molecular weight excluding hydrogens is 312 g/mol. The summed E-state index contributed by atoms with van der Waals surface area (Å²) >= 11 is 6.01. The first kappa shape index (κ1) is 16.0. The smallest absolute Gasteiger partial charge is 0.251 e. The highest BCUT2D eigenvalue weighted by Crippen LogP contribution is 2.33. The standard InChI is InChI=1S/C18H19ClN2O2/c1-20-17(22)11-2-4-12(5-3-11)18(23)21-16-9-6-13-10-14(19)7-8-15(13)16/h2-5,7-8,10,16-17,20,22H,6,9H2,1H3,(H,21,23)/t16-,17?/m1/s1. The Labute approximate surface area is 140 Å². The minimum Gasteiger partial charge on any atom is -0.374 e. The number of aliphatic hydroxyl groups is 1. The van der Waals surface area contributed by atoms with E-state index in [0.717, 1.165) is 29.0 Å². The number of aryl methyl sites for hydroxylation is 1. The lowest BCUT2D eigenvalue weighted by atomic mass is 10.1. The van der Waals surface area contributed by atoms with Crippen molar-refractivity contribution in [2.75, 3.05) is 7.05 Å². The Hall–Kier alpha value is -1.88. The molecule has 1 amide bonds. The van der Waals surface area contributed by atoms with Crippen molar-refractivity contribution in [1.82, 2.24) is 10.6 Å². The highest BCUT2D eigenvalue weighted by atomic mass is 35.5. The molecule has 1 aliphatic carbocycles. The first-order chi connectivity index (χ1) is 11.1. The summed E-state index contributed by atoms with van der Waals surface area (Å²) in [5.41, 5.74) is 3.66. The molecule has 0 bridgehead atoms. The van der Waals surface area contributed by atoms with Crippen molar-refractivity contribution in [2.45, 2.75) is 25.1 Å². The Bertz CT molecular complexity index is 715. The van der Waals surface area contributed by atoms with Gasteiger partial charge >= 0.3 is 0 Å². The van der Waals surface area contributed by atoms with Crippen molar-refractivity contribution in [2.24, 2.45) is 0 Å². The number of carbonyl (C=O) groups is 1. The van der Waals surface area contributed by atoms with Gasteiger partial charge in [-0.15, -0.1) is 0 Å². The van der Waals surface area contributed by atoms with Crippen LogP contribution in [-0.2, 0) is 6.42 Å². The van der Waals surface area contributed by atoms with Crippen LogP contribution in [0.2, 0.25) is 5.02 Å². The molecule has 3 rings (SSSR count). The van der Waals surface area contributed by atoms with E-state index < -0.39 is 6.23 Å². The van der Waals surface area contributed by atoms with Gasteiger partial charge in [0.25, 0.3) is 5.91 Å². The Morgan fingerprint density at radius 1 is 1.26 bits per heavy atom. The average molecular weight is 331 g/mol. The summed E-state index contributed by atoms with van der Waals surface area (Å²) < 4.78 is 0. The van der Waals surface area contributed by atoms with Crippen LogP contribution in [0, 0.1) is 0 Å². The van der Waals surface area contributed by atoms with E-state index in [2.05, 4.69) is 10.6 Å². The van der Waals surface area contributed by atoms with Gasteiger partial charge in [0.05, 0.1) is 6.04 Å². The molecule has 0 saturated carbocycles. The minimum atomic E-state index is -0.724. The molecule has 0 spiro atoms. The molecule has 0 saturated heterocycles. The number of benzene rings is 2. The molecule has 0 heterocycles. The largest absolute Gasteiger partial charge is 0.374 e. The quantitative estimate of drug-likeness (QED) is 0.755. The van der Waals surface area contributed by atoms with Gasteiger partial charge in [-0.1, -0.05) is 29.8 Å². The van der Waals surface area contributed by atoms with Crippen LogP contribution < -0.4 is 10.6 Å². The van der Waals surface area contributed by atoms with Gasteiger partial charge in [0.1, 0.15) is 6.23 Å². The maximum absolute atomic E-state index is 12.4. The number of nitrogens with one attached hydrogen (secondary N) is 2. The van der Waals surface area contributed by atoms with Gasteiger partial charge in [0, 0.05) is 10.6 Å². The minimum absolute atomic E-state index is 0.0253. The average Bonchev–Trinajstić information content (AvgIpc) is 2.96. The molecule has 1 unspecified atom stereocenters. The van der Waals surface area contributed by atoms with Gasteiger partial charge in [-0.2, -0.15) is 0 Å². The fourth-order valence-electron chi connectivity index (χ4n) is 2.96. The van der Waals surface area contributed by atoms with Crippen molar-refractivity contribution in [3.05, 3.63) is 69.7 Å². The van der Waals surface area contributed by atoms with Gasteiger partial charge in [0.2, 0.25) is 0 Å². The van der Waals surface area contributed by atoms with E-state index in [1.807, 2.05) is 18.2 Å². The van der Waals surface area contributed by atoms with Crippen LogP contribution in [0.1, 0.15) is 45.7 Å². The van der Waals surface area contributed by atoms with E-state index in [-0.39, 0.29) is 11.9 Å². The summed E-state index contributed by atoms with van der Waals surface area (Å²) in [6.07, 6.45) is 1.09. The summed E-state index contributed by atoms with van der Waals surface area (Å²) in [6, 6.07) is 12.8. The number of halogens is 1. The normalized spacial score (nSPS) is 17.6.